The van der Waals surface area contributed by atoms with E-state index in [4.69, 9.17) is 5.73 Å². The molecule has 1 amide bonds. The summed E-state index contributed by atoms with van der Waals surface area (Å²) in [6.45, 7) is 0.619. The van der Waals surface area contributed by atoms with Crippen LogP contribution in [0.25, 0.3) is 0 Å². The van der Waals surface area contributed by atoms with Gasteiger partial charge in [-0.05, 0) is 25.7 Å². The molecule has 112 valence electrons. The summed E-state index contributed by atoms with van der Waals surface area (Å²) >= 11 is 0. The molecular weight excluding hydrogens is 276 g/mol. The normalized spacial score (nSPS) is 21.3. The standard InChI is InChI=1S/C12H16N6O3/c13-10(19)8-2-1-5-17(8)12-14-6-9(18(20)21)11(16-12)15-7-3-4-7/h6-8H,1-5H2,(H2,13,19)(H,14,15,16). The van der Waals surface area contributed by atoms with Gasteiger partial charge < -0.3 is 16.0 Å². The van der Waals surface area contributed by atoms with Crippen LogP contribution < -0.4 is 16.0 Å². The number of nitrogens with one attached hydrogen (secondary N) is 1. The first-order chi connectivity index (χ1) is 10.1. The first-order valence-corrected chi connectivity index (χ1v) is 6.90. The topological polar surface area (TPSA) is 127 Å². The zero-order valence-corrected chi connectivity index (χ0v) is 11.4. The van der Waals surface area contributed by atoms with Gasteiger partial charge in [-0.2, -0.15) is 4.98 Å². The summed E-state index contributed by atoms with van der Waals surface area (Å²) in [5.41, 5.74) is 5.22. The van der Waals surface area contributed by atoms with E-state index in [1.165, 1.54) is 6.20 Å². The van der Waals surface area contributed by atoms with Gasteiger partial charge in [-0.1, -0.05) is 0 Å². The Balaban J connectivity index is 1.91. The molecule has 1 aliphatic carbocycles. The first kappa shape index (κ1) is 13.5. The molecule has 3 rings (SSSR count). The number of nitrogens with two attached hydrogens (primary N) is 1. The molecule has 1 saturated carbocycles. The number of aromatic nitrogens is 2. The third-order valence-corrected chi connectivity index (χ3v) is 3.71. The molecule has 1 atom stereocenters. The second kappa shape index (κ2) is 5.15. The lowest BCUT2D eigenvalue weighted by molar-refractivity contribution is -0.384. The molecule has 1 saturated heterocycles. The van der Waals surface area contributed by atoms with Crippen molar-refractivity contribution in [2.75, 3.05) is 16.8 Å². The van der Waals surface area contributed by atoms with Crippen LogP contribution >= 0.6 is 0 Å². The average molecular weight is 292 g/mol. The lowest BCUT2D eigenvalue weighted by atomic mass is 10.2. The number of rotatable bonds is 5. The van der Waals surface area contributed by atoms with E-state index in [0.717, 1.165) is 19.3 Å². The largest absolute Gasteiger partial charge is 0.368 e. The lowest BCUT2D eigenvalue weighted by Gasteiger charge is -2.22. The Bertz CT molecular complexity index is 588. The maximum Gasteiger partial charge on any atom is 0.329 e. The Morgan fingerprint density at radius 1 is 1.48 bits per heavy atom. The molecule has 2 heterocycles. The molecule has 0 bridgehead atoms. The first-order valence-electron chi connectivity index (χ1n) is 6.90. The average Bonchev–Trinajstić information content (AvgIpc) is 3.10. The summed E-state index contributed by atoms with van der Waals surface area (Å²) in [6.07, 6.45) is 4.61. The molecular formula is C12H16N6O3. The van der Waals surface area contributed by atoms with Gasteiger partial charge in [0.25, 0.3) is 0 Å². The fourth-order valence-electron chi connectivity index (χ4n) is 2.47. The van der Waals surface area contributed by atoms with Gasteiger partial charge in [-0.15, -0.1) is 0 Å². The molecule has 9 nitrogen and oxygen atoms in total. The van der Waals surface area contributed by atoms with Crippen LogP contribution in [0, 0.1) is 10.1 Å². The van der Waals surface area contributed by atoms with Crippen molar-refractivity contribution in [1.82, 2.24) is 9.97 Å². The van der Waals surface area contributed by atoms with Gasteiger partial charge in [0.1, 0.15) is 12.2 Å². The molecule has 2 fully saturated rings. The Morgan fingerprint density at radius 3 is 2.86 bits per heavy atom. The Kier molecular flexibility index (Phi) is 3.32. The lowest BCUT2D eigenvalue weighted by Crippen LogP contribution is -2.41. The number of nitrogens with zero attached hydrogens (tertiary/aromatic N) is 4. The Morgan fingerprint density at radius 2 is 2.24 bits per heavy atom. The van der Waals surface area contributed by atoms with Crippen LogP contribution in [0.5, 0.6) is 0 Å². The molecule has 0 aromatic carbocycles. The van der Waals surface area contributed by atoms with E-state index >= 15 is 0 Å². The summed E-state index contributed by atoms with van der Waals surface area (Å²) in [7, 11) is 0. The highest BCUT2D eigenvalue weighted by molar-refractivity contribution is 5.83. The van der Waals surface area contributed by atoms with Crippen LogP contribution in [0.4, 0.5) is 17.5 Å². The molecule has 3 N–H and O–H groups in total. The SMILES string of the molecule is NC(=O)C1CCCN1c1ncc([N+](=O)[O-])c(NC2CC2)n1. The zero-order chi connectivity index (χ0) is 15.0. The fraction of sp³-hybridized carbons (Fsp3) is 0.583. The fourth-order valence-corrected chi connectivity index (χ4v) is 2.47. The Hall–Kier alpha value is -2.45. The van der Waals surface area contributed by atoms with Crippen molar-refractivity contribution in [2.45, 2.75) is 37.8 Å². The predicted octanol–water partition coefficient (Wildman–Crippen LogP) is 0.413. The van der Waals surface area contributed by atoms with Crippen molar-refractivity contribution in [3.8, 4) is 0 Å². The highest BCUT2D eigenvalue weighted by Crippen LogP contribution is 2.31. The van der Waals surface area contributed by atoms with Crippen molar-refractivity contribution in [3.05, 3.63) is 16.3 Å². The van der Waals surface area contributed by atoms with Crippen LogP contribution in [0.2, 0.25) is 0 Å². The van der Waals surface area contributed by atoms with E-state index in [0.29, 0.717) is 18.9 Å². The quantitative estimate of drug-likeness (QED) is 0.594. The Labute approximate surface area is 120 Å². The highest BCUT2D eigenvalue weighted by Gasteiger charge is 2.33. The maximum absolute atomic E-state index is 11.4. The van der Waals surface area contributed by atoms with Crippen molar-refractivity contribution in [1.29, 1.82) is 0 Å². The van der Waals surface area contributed by atoms with E-state index in [9.17, 15) is 14.9 Å². The number of nitro groups is 1. The highest BCUT2D eigenvalue weighted by atomic mass is 16.6. The van der Waals surface area contributed by atoms with E-state index in [2.05, 4.69) is 15.3 Å². The van der Waals surface area contributed by atoms with E-state index in [-0.39, 0.29) is 17.5 Å². The van der Waals surface area contributed by atoms with Crippen molar-refractivity contribution < 1.29 is 9.72 Å². The van der Waals surface area contributed by atoms with Crippen LogP contribution in [-0.4, -0.2) is 39.4 Å². The van der Waals surface area contributed by atoms with Gasteiger partial charge in [0.05, 0.1) is 4.92 Å². The number of carbonyl (C=O) groups is 1. The molecule has 2 aliphatic rings. The van der Waals surface area contributed by atoms with E-state index in [1.54, 1.807) is 4.90 Å². The minimum absolute atomic E-state index is 0.152. The second-order valence-electron chi connectivity index (χ2n) is 5.33. The molecule has 1 aromatic heterocycles. The van der Waals surface area contributed by atoms with Crippen molar-refractivity contribution in [2.24, 2.45) is 5.73 Å². The van der Waals surface area contributed by atoms with Crippen LogP contribution in [0.3, 0.4) is 0 Å². The van der Waals surface area contributed by atoms with Gasteiger partial charge in [0, 0.05) is 12.6 Å². The summed E-state index contributed by atoms with van der Waals surface area (Å²) in [6, 6.07) is -0.211. The van der Waals surface area contributed by atoms with E-state index in [1.807, 2.05) is 0 Å². The van der Waals surface area contributed by atoms with Gasteiger partial charge in [0.2, 0.25) is 17.7 Å². The molecule has 21 heavy (non-hydrogen) atoms. The number of hydrogen-bond donors (Lipinski definition) is 2. The van der Waals surface area contributed by atoms with E-state index < -0.39 is 16.9 Å². The van der Waals surface area contributed by atoms with Gasteiger partial charge in [-0.25, -0.2) is 4.98 Å². The summed E-state index contributed by atoms with van der Waals surface area (Å²) in [4.78, 5) is 31.9. The third kappa shape index (κ3) is 2.71. The minimum Gasteiger partial charge on any atom is -0.368 e. The van der Waals surface area contributed by atoms with Gasteiger partial charge in [-0.3, -0.25) is 14.9 Å². The summed E-state index contributed by atoms with van der Waals surface area (Å²) in [5, 5.41) is 14.1. The number of primary amides is 1. The maximum atomic E-state index is 11.4. The molecule has 1 aliphatic heterocycles. The summed E-state index contributed by atoms with van der Waals surface area (Å²) < 4.78 is 0. The molecule has 1 aromatic rings. The summed E-state index contributed by atoms with van der Waals surface area (Å²) in [5.74, 6) is 0.0961. The molecule has 1 unspecified atom stereocenters. The van der Waals surface area contributed by atoms with Gasteiger partial charge >= 0.3 is 5.69 Å². The molecule has 0 radical (unpaired) electrons. The molecule has 9 heteroatoms. The molecule has 0 spiro atoms. The van der Waals surface area contributed by atoms with Crippen LogP contribution in [-0.2, 0) is 4.79 Å². The predicted molar refractivity (Wildman–Crippen MR) is 74.9 cm³/mol. The third-order valence-electron chi connectivity index (χ3n) is 3.71. The second-order valence-corrected chi connectivity index (χ2v) is 5.33. The number of amides is 1. The number of hydrogen-bond acceptors (Lipinski definition) is 7. The zero-order valence-electron chi connectivity index (χ0n) is 11.4. The van der Waals surface area contributed by atoms with Crippen molar-refractivity contribution >= 4 is 23.4 Å². The smallest absolute Gasteiger partial charge is 0.329 e. The monoisotopic (exact) mass is 292 g/mol. The van der Waals surface area contributed by atoms with Gasteiger partial charge in [0.15, 0.2) is 0 Å². The number of carbonyl (C=O) groups excluding carboxylic acids is 1. The van der Waals surface area contributed by atoms with Crippen LogP contribution in [0.1, 0.15) is 25.7 Å². The van der Waals surface area contributed by atoms with Crippen LogP contribution in [0.15, 0.2) is 6.20 Å². The number of anilines is 2. The minimum atomic E-state index is -0.510. The van der Waals surface area contributed by atoms with Crippen molar-refractivity contribution in [3.63, 3.8) is 0 Å².